The van der Waals surface area contributed by atoms with E-state index in [-0.39, 0.29) is 6.61 Å². The molecule has 1 aliphatic heterocycles. The Hall–Kier alpha value is -3.08. The van der Waals surface area contributed by atoms with Gasteiger partial charge in [0.15, 0.2) is 0 Å². The first-order chi connectivity index (χ1) is 14.1. The number of hydrogen-bond acceptors (Lipinski definition) is 4. The number of hydrogen-bond donors (Lipinski definition) is 0. The smallest absolute Gasteiger partial charge is 0.368 e. The van der Waals surface area contributed by atoms with Gasteiger partial charge in [-0.15, -0.1) is 0 Å². The average molecular weight is 424 g/mol. The Morgan fingerprint density at radius 3 is 2.52 bits per heavy atom. The van der Waals surface area contributed by atoms with Crippen LogP contribution in [0.1, 0.15) is 16.7 Å². The minimum atomic E-state index is -0.527. The van der Waals surface area contributed by atoms with Crippen LogP contribution in [0.25, 0.3) is 6.08 Å². The van der Waals surface area contributed by atoms with Crippen molar-refractivity contribution < 1.29 is 14.4 Å². The highest BCUT2D eigenvalue weighted by molar-refractivity contribution is 6.32. The molecule has 6 heteroatoms. The summed E-state index contributed by atoms with van der Waals surface area (Å²) in [5, 5.41) is 5.07. The van der Waals surface area contributed by atoms with E-state index in [0.29, 0.717) is 32.6 Å². The van der Waals surface area contributed by atoms with E-state index in [2.05, 4.69) is 5.16 Å². The predicted octanol–water partition coefficient (Wildman–Crippen LogP) is 5.92. The van der Waals surface area contributed by atoms with Crippen molar-refractivity contribution in [2.24, 2.45) is 5.16 Å². The summed E-state index contributed by atoms with van der Waals surface area (Å²) in [6, 6.07) is 22.0. The molecular formula is C23H15Cl2NO3. The van der Waals surface area contributed by atoms with Gasteiger partial charge >= 0.3 is 5.97 Å². The molecule has 0 spiro atoms. The van der Waals surface area contributed by atoms with Crippen molar-refractivity contribution in [1.29, 1.82) is 0 Å². The maximum Gasteiger partial charge on any atom is 0.368 e. The van der Waals surface area contributed by atoms with Crippen LogP contribution >= 0.6 is 23.2 Å². The van der Waals surface area contributed by atoms with Crippen LogP contribution in [0.4, 0.5) is 0 Å². The number of carbonyl (C=O) groups is 1. The van der Waals surface area contributed by atoms with Crippen molar-refractivity contribution in [3.8, 4) is 5.75 Å². The molecular weight excluding hydrogens is 409 g/mol. The number of ether oxygens (including phenoxy) is 1. The Morgan fingerprint density at radius 1 is 0.966 bits per heavy atom. The molecule has 0 atom stereocenters. The van der Waals surface area contributed by atoms with E-state index in [9.17, 15) is 4.79 Å². The zero-order valence-corrected chi connectivity index (χ0v) is 16.7. The molecule has 0 aromatic heterocycles. The van der Waals surface area contributed by atoms with Gasteiger partial charge in [0.25, 0.3) is 0 Å². The molecule has 0 bridgehead atoms. The van der Waals surface area contributed by atoms with E-state index in [1.54, 1.807) is 24.3 Å². The third-order valence-corrected chi connectivity index (χ3v) is 4.96. The molecule has 1 aliphatic rings. The van der Waals surface area contributed by atoms with E-state index >= 15 is 0 Å². The van der Waals surface area contributed by atoms with Gasteiger partial charge in [-0.05, 0) is 30.3 Å². The van der Waals surface area contributed by atoms with E-state index in [4.69, 9.17) is 32.8 Å². The lowest BCUT2D eigenvalue weighted by Gasteiger charge is -2.11. The molecule has 0 N–H and O–H groups in total. The number of oxime groups is 1. The SMILES string of the molecule is O=C1ON=C(c2ccccc2)/C1=C/c1cc(Cl)ccc1OCc1ccccc1Cl. The second-order valence-electron chi connectivity index (χ2n) is 6.30. The molecule has 4 rings (SSSR count). The molecule has 3 aromatic carbocycles. The van der Waals surface area contributed by atoms with E-state index in [1.165, 1.54) is 0 Å². The van der Waals surface area contributed by atoms with Gasteiger partial charge in [0.1, 0.15) is 18.1 Å². The molecule has 0 amide bonds. The average Bonchev–Trinajstić information content (AvgIpc) is 3.09. The van der Waals surface area contributed by atoms with Crippen molar-refractivity contribution in [3.63, 3.8) is 0 Å². The fraction of sp³-hybridized carbons (Fsp3) is 0.0435. The highest BCUT2D eigenvalue weighted by Crippen LogP contribution is 2.29. The lowest BCUT2D eigenvalue weighted by Crippen LogP contribution is -2.07. The number of halogens is 2. The Morgan fingerprint density at radius 2 is 1.72 bits per heavy atom. The number of nitrogens with zero attached hydrogens (tertiary/aromatic N) is 1. The molecule has 0 aliphatic carbocycles. The standard InChI is InChI=1S/C23H15Cl2NO3/c24-18-10-11-21(28-14-16-8-4-5-9-20(16)25)17(12-18)13-19-22(26-29-23(19)27)15-6-2-1-3-7-15/h1-13H,14H2/b19-13-. The number of carbonyl (C=O) groups excluding carboxylic acids is 1. The maximum atomic E-state index is 12.3. The highest BCUT2D eigenvalue weighted by Gasteiger charge is 2.27. The van der Waals surface area contributed by atoms with Crippen molar-refractivity contribution >= 4 is 41.0 Å². The minimum Gasteiger partial charge on any atom is -0.488 e. The summed E-state index contributed by atoms with van der Waals surface area (Å²) >= 11 is 12.4. The molecule has 144 valence electrons. The summed E-state index contributed by atoms with van der Waals surface area (Å²) in [6.45, 7) is 0.279. The third kappa shape index (κ3) is 4.34. The van der Waals surface area contributed by atoms with Gasteiger partial charge in [-0.2, -0.15) is 0 Å². The fourth-order valence-electron chi connectivity index (χ4n) is 2.90. The molecule has 0 saturated carbocycles. The normalized spacial score (nSPS) is 14.6. The summed E-state index contributed by atoms with van der Waals surface area (Å²) in [5.74, 6) is 0.0369. The summed E-state index contributed by atoms with van der Waals surface area (Å²) in [6.07, 6.45) is 1.68. The van der Waals surface area contributed by atoms with Crippen LogP contribution in [-0.2, 0) is 16.2 Å². The van der Waals surface area contributed by atoms with E-state index in [1.807, 2.05) is 54.6 Å². The molecule has 0 fully saturated rings. The van der Waals surface area contributed by atoms with Gasteiger partial charge in [0.2, 0.25) is 0 Å². The van der Waals surface area contributed by atoms with Crippen LogP contribution in [0.2, 0.25) is 10.0 Å². The Balaban J connectivity index is 1.67. The zero-order chi connectivity index (χ0) is 20.2. The number of rotatable bonds is 5. The van der Waals surface area contributed by atoms with Gasteiger partial charge in [-0.3, -0.25) is 0 Å². The molecule has 4 nitrogen and oxygen atoms in total. The summed E-state index contributed by atoms with van der Waals surface area (Å²) < 4.78 is 5.97. The van der Waals surface area contributed by atoms with Crippen molar-refractivity contribution in [2.75, 3.05) is 0 Å². The first kappa shape index (κ1) is 19.2. The molecule has 0 saturated heterocycles. The monoisotopic (exact) mass is 423 g/mol. The van der Waals surface area contributed by atoms with Gasteiger partial charge in [-0.1, -0.05) is 76.9 Å². The predicted molar refractivity (Wildman–Crippen MR) is 114 cm³/mol. The van der Waals surface area contributed by atoms with Gasteiger partial charge in [-0.25, -0.2) is 4.79 Å². The Labute approximate surface area is 178 Å². The topological polar surface area (TPSA) is 47.9 Å². The van der Waals surface area contributed by atoms with E-state index in [0.717, 1.165) is 11.1 Å². The zero-order valence-electron chi connectivity index (χ0n) is 15.1. The van der Waals surface area contributed by atoms with Gasteiger partial charge in [0.05, 0.1) is 5.57 Å². The Bertz CT molecular complexity index is 1120. The van der Waals surface area contributed by atoms with Crippen LogP contribution in [0.15, 0.2) is 83.5 Å². The third-order valence-electron chi connectivity index (χ3n) is 4.35. The molecule has 1 heterocycles. The fourth-order valence-corrected chi connectivity index (χ4v) is 3.27. The summed E-state index contributed by atoms with van der Waals surface area (Å²) in [5.41, 5.74) is 3.08. The first-order valence-corrected chi connectivity index (χ1v) is 9.60. The van der Waals surface area contributed by atoms with Crippen LogP contribution in [-0.4, -0.2) is 11.7 Å². The molecule has 29 heavy (non-hydrogen) atoms. The van der Waals surface area contributed by atoms with Crippen LogP contribution < -0.4 is 4.74 Å². The molecule has 3 aromatic rings. The first-order valence-electron chi connectivity index (χ1n) is 8.84. The van der Waals surface area contributed by atoms with Crippen molar-refractivity contribution in [3.05, 3.63) is 105 Å². The lowest BCUT2D eigenvalue weighted by atomic mass is 10.0. The minimum absolute atomic E-state index is 0.279. The largest absolute Gasteiger partial charge is 0.488 e. The summed E-state index contributed by atoms with van der Waals surface area (Å²) in [4.78, 5) is 17.2. The second-order valence-corrected chi connectivity index (χ2v) is 7.15. The van der Waals surface area contributed by atoms with Crippen molar-refractivity contribution in [2.45, 2.75) is 6.61 Å². The molecule has 0 unspecified atom stereocenters. The van der Waals surface area contributed by atoms with Gasteiger partial charge < -0.3 is 9.57 Å². The van der Waals surface area contributed by atoms with Crippen LogP contribution in [0, 0.1) is 0 Å². The van der Waals surface area contributed by atoms with Crippen LogP contribution in [0.5, 0.6) is 5.75 Å². The van der Waals surface area contributed by atoms with Crippen molar-refractivity contribution in [1.82, 2.24) is 0 Å². The quantitative estimate of drug-likeness (QED) is 0.378. The summed E-state index contributed by atoms with van der Waals surface area (Å²) in [7, 11) is 0. The highest BCUT2D eigenvalue weighted by atomic mass is 35.5. The van der Waals surface area contributed by atoms with Gasteiger partial charge in [0, 0.05) is 26.7 Å². The Kier molecular flexibility index (Phi) is 5.65. The van der Waals surface area contributed by atoms with Crippen LogP contribution in [0.3, 0.4) is 0 Å². The second kappa shape index (κ2) is 8.52. The lowest BCUT2D eigenvalue weighted by molar-refractivity contribution is -0.136. The molecule has 0 radical (unpaired) electrons. The van der Waals surface area contributed by atoms with E-state index < -0.39 is 5.97 Å². The maximum absolute atomic E-state index is 12.3. The number of benzene rings is 3.